The van der Waals surface area contributed by atoms with Gasteiger partial charge in [-0.15, -0.1) is 9.32 Å². The Labute approximate surface area is 179 Å². The minimum atomic E-state index is -0.864. The molecular formula is C20H26N4O5S. The third kappa shape index (κ3) is 9.81. The number of anilines is 1. The van der Waals surface area contributed by atoms with Crippen LogP contribution in [-0.2, 0) is 25.5 Å². The van der Waals surface area contributed by atoms with Gasteiger partial charge in [0, 0.05) is 29.7 Å². The highest BCUT2D eigenvalue weighted by Gasteiger charge is 2.11. The average molecular weight is 435 g/mol. The number of nitrogens with one attached hydrogen (secondary N) is 1. The number of aliphatic carboxylic acids is 1. The summed E-state index contributed by atoms with van der Waals surface area (Å²) in [6, 6.07) is 12.7. The highest BCUT2D eigenvalue weighted by atomic mass is 32.2. The first-order valence-electron chi connectivity index (χ1n) is 9.51. The lowest BCUT2D eigenvalue weighted by atomic mass is 10.1. The fourth-order valence-corrected chi connectivity index (χ4v) is 3.17. The molecule has 0 unspecified atom stereocenters. The number of amides is 1. The Balaban J connectivity index is 1.66. The minimum absolute atomic E-state index is 0.0339. The Morgan fingerprint density at radius 3 is 2.60 bits per heavy atom. The van der Waals surface area contributed by atoms with E-state index in [2.05, 4.69) is 19.6 Å². The van der Waals surface area contributed by atoms with E-state index in [0.717, 1.165) is 41.9 Å². The molecule has 4 N–H and O–H groups in total. The third-order valence-corrected chi connectivity index (χ3v) is 4.77. The van der Waals surface area contributed by atoms with Gasteiger partial charge in [0.2, 0.25) is 5.91 Å². The van der Waals surface area contributed by atoms with Crippen molar-refractivity contribution < 1.29 is 24.0 Å². The summed E-state index contributed by atoms with van der Waals surface area (Å²) >= 11 is 0.969. The molecule has 10 heteroatoms. The number of unbranched alkanes of at least 4 members (excludes halogenated alkanes) is 2. The van der Waals surface area contributed by atoms with Crippen molar-refractivity contribution in [1.29, 1.82) is 0 Å². The minimum Gasteiger partial charge on any atom is -0.480 e. The molecule has 0 spiro atoms. The summed E-state index contributed by atoms with van der Waals surface area (Å²) in [5.74, 6) is 3.85. The van der Waals surface area contributed by atoms with Gasteiger partial charge in [0.05, 0.1) is 24.3 Å². The van der Waals surface area contributed by atoms with E-state index in [1.54, 1.807) is 30.5 Å². The largest absolute Gasteiger partial charge is 0.480 e. The summed E-state index contributed by atoms with van der Waals surface area (Å²) in [4.78, 5) is 34.1. The number of nitrogens with zero attached hydrogens (tertiary/aromatic N) is 2. The molecule has 0 saturated carbocycles. The quantitative estimate of drug-likeness (QED) is 0.178. The molecule has 1 heterocycles. The van der Waals surface area contributed by atoms with Gasteiger partial charge >= 0.3 is 5.97 Å². The van der Waals surface area contributed by atoms with Crippen molar-refractivity contribution in [3.05, 3.63) is 54.4 Å². The Kier molecular flexibility index (Phi) is 10.8. The third-order valence-electron chi connectivity index (χ3n) is 4.16. The van der Waals surface area contributed by atoms with Gasteiger partial charge in [-0.3, -0.25) is 19.5 Å². The zero-order valence-corrected chi connectivity index (χ0v) is 17.3. The van der Waals surface area contributed by atoms with Crippen LogP contribution in [0.2, 0.25) is 0 Å². The highest BCUT2D eigenvalue weighted by Crippen LogP contribution is 2.21. The SMILES string of the molecule is NOOSc1ccc(NC(=O)CCCCCN(CC(=O)O)Cc2ccccn2)cc1. The summed E-state index contributed by atoms with van der Waals surface area (Å²) in [5.41, 5.74) is 1.53. The van der Waals surface area contributed by atoms with Crippen LogP contribution in [-0.4, -0.2) is 40.0 Å². The molecule has 0 fully saturated rings. The van der Waals surface area contributed by atoms with Gasteiger partial charge < -0.3 is 10.4 Å². The van der Waals surface area contributed by atoms with Crippen molar-refractivity contribution in [2.75, 3.05) is 18.4 Å². The normalized spacial score (nSPS) is 10.9. The maximum absolute atomic E-state index is 12.1. The topological polar surface area (TPSA) is 127 Å². The second kappa shape index (κ2) is 13.7. The van der Waals surface area contributed by atoms with E-state index in [9.17, 15) is 9.59 Å². The fourth-order valence-electron chi connectivity index (χ4n) is 2.80. The molecule has 1 amide bonds. The number of carboxylic acids is 1. The molecule has 1 aromatic carbocycles. The molecule has 9 nitrogen and oxygen atoms in total. The zero-order chi connectivity index (χ0) is 21.6. The smallest absolute Gasteiger partial charge is 0.317 e. The molecule has 1 aromatic heterocycles. The molecule has 30 heavy (non-hydrogen) atoms. The predicted molar refractivity (Wildman–Crippen MR) is 113 cm³/mol. The van der Waals surface area contributed by atoms with Crippen LogP contribution in [0.4, 0.5) is 5.69 Å². The van der Waals surface area contributed by atoms with Crippen LogP contribution in [0.1, 0.15) is 31.4 Å². The molecule has 0 aliphatic carbocycles. The van der Waals surface area contributed by atoms with Crippen molar-refractivity contribution in [1.82, 2.24) is 9.88 Å². The second-order valence-corrected chi connectivity index (χ2v) is 7.33. The average Bonchev–Trinajstić information content (AvgIpc) is 2.73. The van der Waals surface area contributed by atoms with E-state index in [1.807, 2.05) is 23.1 Å². The van der Waals surface area contributed by atoms with Crippen molar-refractivity contribution in [3.8, 4) is 0 Å². The van der Waals surface area contributed by atoms with Crippen LogP contribution < -0.4 is 11.2 Å². The lowest BCUT2D eigenvalue weighted by molar-refractivity contribution is -0.195. The molecule has 0 aliphatic rings. The van der Waals surface area contributed by atoms with Crippen LogP contribution >= 0.6 is 12.0 Å². The van der Waals surface area contributed by atoms with Crippen molar-refractivity contribution in [3.63, 3.8) is 0 Å². The highest BCUT2D eigenvalue weighted by molar-refractivity contribution is 7.94. The Morgan fingerprint density at radius 1 is 1.13 bits per heavy atom. The maximum atomic E-state index is 12.1. The number of rotatable bonds is 14. The zero-order valence-electron chi connectivity index (χ0n) is 16.5. The predicted octanol–water partition coefficient (Wildman–Crippen LogP) is 3.00. The van der Waals surface area contributed by atoms with E-state index < -0.39 is 5.97 Å². The van der Waals surface area contributed by atoms with Gasteiger partial charge in [0.1, 0.15) is 0 Å². The molecule has 0 atom stereocenters. The second-order valence-electron chi connectivity index (χ2n) is 6.56. The summed E-state index contributed by atoms with van der Waals surface area (Å²) in [5, 5.41) is 11.9. The van der Waals surface area contributed by atoms with Gasteiger partial charge in [-0.1, -0.05) is 12.5 Å². The molecule has 162 valence electrons. The Morgan fingerprint density at radius 2 is 1.93 bits per heavy atom. The maximum Gasteiger partial charge on any atom is 0.317 e. The van der Waals surface area contributed by atoms with E-state index in [0.29, 0.717) is 25.2 Å². The van der Waals surface area contributed by atoms with Crippen molar-refractivity contribution >= 4 is 29.6 Å². The van der Waals surface area contributed by atoms with E-state index in [4.69, 9.17) is 11.0 Å². The lowest BCUT2D eigenvalue weighted by Crippen LogP contribution is -2.30. The van der Waals surface area contributed by atoms with Crippen LogP contribution in [0.3, 0.4) is 0 Å². The van der Waals surface area contributed by atoms with E-state index in [1.165, 1.54) is 0 Å². The van der Waals surface area contributed by atoms with Gasteiger partial charge in [0.25, 0.3) is 0 Å². The molecular weight excluding hydrogens is 408 g/mol. The van der Waals surface area contributed by atoms with Gasteiger partial charge in [-0.2, -0.15) is 5.90 Å². The van der Waals surface area contributed by atoms with Gasteiger partial charge in [-0.05, 0) is 55.8 Å². The first-order valence-corrected chi connectivity index (χ1v) is 10.2. The van der Waals surface area contributed by atoms with Crippen LogP contribution in [0.5, 0.6) is 0 Å². The number of aromatic nitrogens is 1. The number of pyridine rings is 1. The number of nitrogens with two attached hydrogens (primary N) is 1. The summed E-state index contributed by atoms with van der Waals surface area (Å²) < 4.78 is 4.56. The first-order chi connectivity index (χ1) is 14.6. The van der Waals surface area contributed by atoms with Gasteiger partial charge in [0.15, 0.2) is 0 Å². The Hall–Kier alpha value is -2.50. The molecule has 0 saturated heterocycles. The lowest BCUT2D eigenvalue weighted by Gasteiger charge is -2.19. The molecule has 0 aliphatic heterocycles. The number of hydrogen-bond acceptors (Lipinski definition) is 8. The standard InChI is InChI=1S/C20H26N4O5S/c21-28-29-30-18-10-8-16(9-11-18)23-19(25)7-2-1-5-13-24(15-20(26)27)14-17-6-3-4-12-22-17/h3-4,6,8-12H,1-2,5,7,13-15,21H2,(H,23,25)(H,26,27). The summed E-state index contributed by atoms with van der Waals surface area (Å²) in [7, 11) is 0. The summed E-state index contributed by atoms with van der Waals surface area (Å²) in [6.45, 7) is 1.09. The first kappa shape index (κ1) is 23.8. The number of benzene rings is 1. The fraction of sp³-hybridized carbons (Fsp3) is 0.350. The van der Waals surface area contributed by atoms with Crippen LogP contribution in [0.25, 0.3) is 0 Å². The van der Waals surface area contributed by atoms with E-state index in [-0.39, 0.29) is 12.5 Å². The molecule has 2 aromatic rings. The Bertz CT molecular complexity index is 777. The molecule has 2 rings (SSSR count). The number of hydrogen-bond donors (Lipinski definition) is 3. The van der Waals surface area contributed by atoms with Crippen molar-refractivity contribution in [2.24, 2.45) is 5.90 Å². The number of carbonyl (C=O) groups excluding carboxylic acids is 1. The number of carboxylic acid groups (broad SMARTS) is 1. The van der Waals surface area contributed by atoms with E-state index >= 15 is 0 Å². The van der Waals surface area contributed by atoms with Crippen LogP contribution in [0, 0.1) is 0 Å². The van der Waals surface area contributed by atoms with Crippen molar-refractivity contribution in [2.45, 2.75) is 37.1 Å². The van der Waals surface area contributed by atoms with Crippen LogP contribution in [0.15, 0.2) is 53.6 Å². The molecule has 0 radical (unpaired) electrons. The monoisotopic (exact) mass is 434 g/mol. The number of carbonyl (C=O) groups is 2. The van der Waals surface area contributed by atoms with Gasteiger partial charge in [-0.25, -0.2) is 0 Å². The summed E-state index contributed by atoms with van der Waals surface area (Å²) in [6.07, 6.45) is 4.47. The molecule has 0 bridgehead atoms.